The van der Waals surface area contributed by atoms with Crippen molar-refractivity contribution in [1.82, 2.24) is 5.32 Å². The molecular formula is C17H17Cl2NO4. The van der Waals surface area contributed by atoms with Gasteiger partial charge < -0.3 is 14.8 Å². The average molecular weight is 377 g/mol. The Hall–Kier alpha value is -1.98. The third-order valence-electron chi connectivity index (χ3n) is 3.68. The van der Waals surface area contributed by atoms with Crippen molar-refractivity contribution < 1.29 is 27.3 Å². The highest BCUT2D eigenvalue weighted by Gasteiger charge is 2.38. The molecule has 0 saturated heterocycles. The van der Waals surface area contributed by atoms with Crippen LogP contribution < -0.4 is 5.32 Å². The van der Waals surface area contributed by atoms with Crippen LogP contribution in [-0.4, -0.2) is 26.0 Å². The molecule has 7 heteroatoms. The average Bonchev–Trinajstić information content (AvgIpc) is 2.53. The Morgan fingerprint density at radius 2 is 1.62 bits per heavy atom. The Morgan fingerprint density at radius 3 is 2.12 bits per heavy atom. The van der Waals surface area contributed by atoms with E-state index in [1.165, 1.54) is 32.0 Å². The lowest BCUT2D eigenvalue weighted by Gasteiger charge is -2.30. The Bertz CT molecular complexity index is 903. The maximum absolute atomic E-state index is 12.7. The predicted octanol–water partition coefficient (Wildman–Crippen LogP) is 3.57. The summed E-state index contributed by atoms with van der Waals surface area (Å²) in [5.74, 6) is -3.78. The fourth-order valence-corrected chi connectivity index (χ4v) is 3.12. The molecule has 0 fully saturated rings. The molecule has 0 amide bonds. The Labute approximate surface area is 158 Å². The lowest BCUT2D eigenvalue weighted by atomic mass is 9.81. The molecule has 0 aromatic heterocycles. The minimum atomic E-state index is -3.05. The SMILES string of the molecule is [2H]C([2H])([2H])OC(=O)C1=C(C)[15NH]C(C)=C(C(=O)OC([2H])([2H])[2H])C1c1cccc(Cl)c1Cl. The number of rotatable bonds is 3. The molecule has 1 heterocycles. The maximum atomic E-state index is 12.7. The van der Waals surface area contributed by atoms with Crippen LogP contribution in [0.25, 0.3) is 0 Å². The maximum Gasteiger partial charge on any atom is 0.336 e. The van der Waals surface area contributed by atoms with E-state index in [2.05, 4.69) is 14.8 Å². The second kappa shape index (κ2) is 7.28. The zero-order chi connectivity index (χ0) is 23.0. The van der Waals surface area contributed by atoms with Gasteiger partial charge in [0.1, 0.15) is 0 Å². The predicted molar refractivity (Wildman–Crippen MR) is 91.8 cm³/mol. The first kappa shape index (κ1) is 11.6. The monoisotopic (exact) mass is 376 g/mol. The molecule has 1 aromatic carbocycles. The lowest BCUT2D eigenvalue weighted by Crippen LogP contribution is -2.32. The third-order valence-corrected chi connectivity index (χ3v) is 4.51. The van der Waals surface area contributed by atoms with Crippen LogP contribution in [0, 0.1) is 0 Å². The molecule has 0 saturated carbocycles. The van der Waals surface area contributed by atoms with Crippen LogP contribution in [0.3, 0.4) is 0 Å². The molecule has 0 spiro atoms. The fraction of sp³-hybridized carbons (Fsp3) is 0.294. The van der Waals surface area contributed by atoms with Gasteiger partial charge in [0.2, 0.25) is 0 Å². The first-order valence-corrected chi connectivity index (χ1v) is 7.47. The van der Waals surface area contributed by atoms with E-state index >= 15 is 0 Å². The number of halogens is 2. The number of dihydropyridines is 1. The van der Waals surface area contributed by atoms with Crippen molar-refractivity contribution in [2.75, 3.05) is 14.1 Å². The lowest BCUT2D eigenvalue weighted by molar-refractivity contribution is -0.137. The van der Waals surface area contributed by atoms with Gasteiger partial charge in [0.05, 0.1) is 49.4 Å². The third kappa shape index (κ3) is 3.14. The molecule has 5 nitrogen and oxygen atoms in total. The van der Waals surface area contributed by atoms with Crippen LogP contribution in [0.15, 0.2) is 40.7 Å². The quantitative estimate of drug-likeness (QED) is 0.645. The number of hydrogen-bond donors (Lipinski definition) is 1. The zero-order valence-electron chi connectivity index (χ0n) is 18.7. The highest BCUT2D eigenvalue weighted by molar-refractivity contribution is 6.42. The number of carbonyl (C=O) groups is 2. The molecule has 1 N–H and O–H groups in total. The van der Waals surface area contributed by atoms with Crippen molar-refractivity contribution in [3.8, 4) is 0 Å². The molecule has 2 rings (SSSR count). The van der Waals surface area contributed by atoms with Crippen molar-refractivity contribution in [3.05, 3.63) is 56.3 Å². The molecular weight excluding hydrogens is 354 g/mol. The van der Waals surface area contributed by atoms with E-state index in [0.29, 0.717) is 0 Å². The van der Waals surface area contributed by atoms with Gasteiger partial charge in [-0.2, -0.15) is 0 Å². The largest absolute Gasteiger partial charge is 0.466 e. The van der Waals surface area contributed by atoms with Gasteiger partial charge in [0.15, 0.2) is 0 Å². The zero-order valence-corrected chi connectivity index (χ0v) is 14.2. The number of hydrogen-bond acceptors (Lipinski definition) is 5. The van der Waals surface area contributed by atoms with Crippen LogP contribution >= 0.6 is 23.2 Å². The summed E-state index contributed by atoms with van der Waals surface area (Å²) in [7, 11) is -6.11. The van der Waals surface area contributed by atoms with Gasteiger partial charge in [0.25, 0.3) is 0 Å². The Morgan fingerprint density at radius 1 is 1.08 bits per heavy atom. The van der Waals surface area contributed by atoms with Crippen LogP contribution in [-0.2, 0) is 19.1 Å². The van der Waals surface area contributed by atoms with E-state index in [0.717, 1.165) is 0 Å². The van der Waals surface area contributed by atoms with E-state index in [1.807, 2.05) is 0 Å². The highest BCUT2D eigenvalue weighted by Crippen LogP contribution is 2.43. The Balaban J connectivity index is 2.72. The smallest absolute Gasteiger partial charge is 0.336 e. The van der Waals surface area contributed by atoms with Gasteiger partial charge in [-0.05, 0) is 25.5 Å². The molecule has 0 unspecified atom stereocenters. The van der Waals surface area contributed by atoms with Gasteiger partial charge in [-0.25, -0.2) is 9.59 Å². The number of methoxy groups -OCH3 is 2. The second-order valence-corrected chi connectivity index (χ2v) is 5.84. The van der Waals surface area contributed by atoms with Crippen molar-refractivity contribution >= 4 is 35.1 Å². The molecule has 128 valence electrons. The first-order valence-electron chi connectivity index (χ1n) is 9.71. The molecule has 0 bridgehead atoms. The number of carbonyl (C=O) groups excluding carboxylic acids is 2. The van der Waals surface area contributed by atoms with Crippen molar-refractivity contribution in [3.63, 3.8) is 0 Å². The number of benzene rings is 1. The van der Waals surface area contributed by atoms with Crippen molar-refractivity contribution in [2.45, 2.75) is 19.8 Å². The minimum Gasteiger partial charge on any atom is -0.466 e. The molecule has 24 heavy (non-hydrogen) atoms. The molecule has 1 aliphatic heterocycles. The Kier molecular flexibility index (Phi) is 3.50. The van der Waals surface area contributed by atoms with E-state index in [1.54, 1.807) is 0 Å². The summed E-state index contributed by atoms with van der Waals surface area (Å²) >= 11 is 12.4. The molecule has 1 aliphatic rings. The molecule has 0 aliphatic carbocycles. The van der Waals surface area contributed by atoms with E-state index in [4.69, 9.17) is 31.4 Å². The van der Waals surface area contributed by atoms with Crippen molar-refractivity contribution in [2.24, 2.45) is 0 Å². The van der Waals surface area contributed by atoms with Gasteiger partial charge in [-0.3, -0.25) is 0 Å². The number of esters is 2. The number of ether oxygens (including phenoxy) is 2. The summed E-state index contributed by atoms with van der Waals surface area (Å²) in [6, 6.07) is 4.45. The molecule has 0 atom stereocenters. The van der Waals surface area contributed by atoms with Gasteiger partial charge in [0, 0.05) is 11.4 Å². The van der Waals surface area contributed by atoms with Gasteiger partial charge in [-0.1, -0.05) is 35.3 Å². The summed E-state index contributed by atoms with van der Waals surface area (Å²) < 4.78 is 52.3. The summed E-state index contributed by atoms with van der Waals surface area (Å²) in [5, 5.41) is 2.86. The number of nitrogens with one attached hydrogen (secondary N) is 1. The summed E-state index contributed by atoms with van der Waals surface area (Å²) in [6.07, 6.45) is 0. The van der Waals surface area contributed by atoms with Gasteiger partial charge >= 0.3 is 11.9 Å². The van der Waals surface area contributed by atoms with E-state index in [-0.39, 0.29) is 38.1 Å². The normalized spacial score (nSPS) is 20.0. The van der Waals surface area contributed by atoms with E-state index in [9.17, 15) is 9.59 Å². The minimum absolute atomic E-state index is 0.00923. The molecule has 1 aromatic rings. The van der Waals surface area contributed by atoms with Crippen LogP contribution in [0.1, 0.15) is 33.6 Å². The summed E-state index contributed by atoms with van der Waals surface area (Å²) in [4.78, 5) is 25.4. The fourth-order valence-electron chi connectivity index (χ4n) is 2.70. The molecule has 0 radical (unpaired) electrons. The van der Waals surface area contributed by atoms with Gasteiger partial charge in [-0.15, -0.1) is 0 Å². The number of allylic oxidation sites excluding steroid dienone is 2. The first-order chi connectivity index (χ1) is 13.6. The standard InChI is InChI=1S/C17H17Cl2NO4/c1-8-12(16(21)23-3)14(10-6-5-7-11(18)15(10)19)13(9(2)20-8)17(22)24-4/h5-7,14,20H,1-4H3/i3D3,4D3,20+1. The van der Waals surface area contributed by atoms with E-state index < -0.39 is 31.9 Å². The van der Waals surface area contributed by atoms with Crippen LogP contribution in [0.5, 0.6) is 0 Å². The highest BCUT2D eigenvalue weighted by atomic mass is 35.5. The van der Waals surface area contributed by atoms with Crippen LogP contribution in [0.4, 0.5) is 0 Å². The van der Waals surface area contributed by atoms with Crippen molar-refractivity contribution in [1.29, 1.82) is 0 Å². The topological polar surface area (TPSA) is 64.6 Å². The second-order valence-electron chi connectivity index (χ2n) is 5.06. The summed E-state index contributed by atoms with van der Waals surface area (Å²) in [6.45, 7) is 2.94. The van der Waals surface area contributed by atoms with Crippen LogP contribution in [0.2, 0.25) is 10.0 Å². The summed E-state index contributed by atoms with van der Waals surface area (Å²) in [5.41, 5.74) is 0.0394.